The molecular weight excluding hydrogens is 302 g/mol. The van der Waals surface area contributed by atoms with E-state index in [0.29, 0.717) is 25.3 Å². The van der Waals surface area contributed by atoms with Crippen molar-refractivity contribution in [3.8, 4) is 0 Å². The van der Waals surface area contributed by atoms with Crippen LogP contribution in [0.15, 0.2) is 12.1 Å². The van der Waals surface area contributed by atoms with Gasteiger partial charge in [-0.15, -0.1) is 0 Å². The molecule has 1 atom stereocenters. The Hall–Kier alpha value is -1.85. The number of carbonyl (C=O) groups is 1. The Balaban J connectivity index is 1.78. The molecule has 1 aliphatic heterocycles. The molecule has 2 heterocycles. The molecule has 1 aromatic heterocycles. The summed E-state index contributed by atoms with van der Waals surface area (Å²) in [7, 11) is 0. The highest BCUT2D eigenvalue weighted by Gasteiger charge is 2.24. The molecule has 130 valence electrons. The molecule has 1 saturated heterocycles. The molecule has 0 bridgehead atoms. The fraction of sp³-hybridized carbons (Fsp3) is 0.526. The van der Waals surface area contributed by atoms with Gasteiger partial charge in [-0.2, -0.15) is 0 Å². The first-order valence-corrected chi connectivity index (χ1v) is 8.66. The molecule has 1 fully saturated rings. The van der Waals surface area contributed by atoms with E-state index in [1.165, 1.54) is 16.7 Å². The number of aryl methyl sites for hydroxylation is 3. The Morgan fingerprint density at radius 2 is 1.83 bits per heavy atom. The number of piperazine rings is 1. The molecule has 5 nitrogen and oxygen atoms in total. The number of aliphatic hydroxyl groups is 1. The number of fused-ring (bicyclic) bond motifs is 1. The number of hydrogen-bond donors (Lipinski definition) is 2. The van der Waals surface area contributed by atoms with E-state index in [1.807, 2.05) is 11.0 Å². The average molecular weight is 329 g/mol. The van der Waals surface area contributed by atoms with Gasteiger partial charge in [0.2, 0.25) is 0 Å². The normalized spacial score (nSPS) is 17.5. The summed E-state index contributed by atoms with van der Waals surface area (Å²) in [5.74, 6) is 0.0688. The summed E-state index contributed by atoms with van der Waals surface area (Å²) in [6.45, 7) is 11.8. The minimum Gasteiger partial charge on any atom is -0.392 e. The molecule has 5 heteroatoms. The molecule has 0 radical (unpaired) electrons. The average Bonchev–Trinajstić information content (AvgIpc) is 2.98. The van der Waals surface area contributed by atoms with Crippen molar-refractivity contribution in [2.24, 2.45) is 0 Å². The van der Waals surface area contributed by atoms with Crippen molar-refractivity contribution in [2.75, 3.05) is 32.7 Å². The van der Waals surface area contributed by atoms with Crippen molar-refractivity contribution >= 4 is 16.8 Å². The van der Waals surface area contributed by atoms with Gasteiger partial charge in [0.1, 0.15) is 5.69 Å². The maximum Gasteiger partial charge on any atom is 0.270 e. The van der Waals surface area contributed by atoms with Crippen LogP contribution in [0.1, 0.15) is 34.1 Å². The largest absolute Gasteiger partial charge is 0.392 e. The molecule has 2 N–H and O–H groups in total. The van der Waals surface area contributed by atoms with Gasteiger partial charge < -0.3 is 15.0 Å². The van der Waals surface area contributed by atoms with Crippen LogP contribution in [0.2, 0.25) is 0 Å². The first kappa shape index (κ1) is 17.0. The standard InChI is InChI=1S/C19H27N3O2/c1-12-9-13(2)16-10-17(20-18(16)15(12)4)19(24)22-7-5-21(6-8-22)11-14(3)23/h9-10,14,20,23H,5-8,11H2,1-4H3/t14-/m0/s1. The van der Waals surface area contributed by atoms with E-state index in [4.69, 9.17) is 0 Å². The number of aromatic nitrogens is 1. The Morgan fingerprint density at radius 3 is 2.46 bits per heavy atom. The van der Waals surface area contributed by atoms with E-state index in [1.54, 1.807) is 6.92 Å². The van der Waals surface area contributed by atoms with Gasteiger partial charge in [0.25, 0.3) is 5.91 Å². The van der Waals surface area contributed by atoms with E-state index in [2.05, 4.69) is 36.7 Å². The topological polar surface area (TPSA) is 59.6 Å². The molecule has 0 saturated carbocycles. The van der Waals surface area contributed by atoms with Gasteiger partial charge in [-0.05, 0) is 50.5 Å². The molecule has 2 aromatic rings. The Labute approximate surface area is 143 Å². The van der Waals surface area contributed by atoms with Crippen LogP contribution in [0, 0.1) is 20.8 Å². The number of H-pyrrole nitrogens is 1. The minimum atomic E-state index is -0.324. The van der Waals surface area contributed by atoms with Crippen LogP contribution in [0.3, 0.4) is 0 Å². The molecule has 0 spiro atoms. The first-order chi connectivity index (χ1) is 11.4. The number of aliphatic hydroxyl groups excluding tert-OH is 1. The lowest BCUT2D eigenvalue weighted by atomic mass is 10.0. The molecule has 1 aromatic carbocycles. The molecule has 1 aliphatic rings. The van der Waals surface area contributed by atoms with Gasteiger partial charge in [-0.1, -0.05) is 6.07 Å². The van der Waals surface area contributed by atoms with Crippen molar-refractivity contribution in [3.63, 3.8) is 0 Å². The second-order valence-corrected chi connectivity index (χ2v) is 7.05. The quantitative estimate of drug-likeness (QED) is 0.908. The maximum absolute atomic E-state index is 12.8. The second kappa shape index (κ2) is 6.57. The summed E-state index contributed by atoms with van der Waals surface area (Å²) in [5.41, 5.74) is 5.39. The predicted octanol–water partition coefficient (Wildman–Crippen LogP) is 2.23. The fourth-order valence-electron chi connectivity index (χ4n) is 3.56. The van der Waals surface area contributed by atoms with Crippen molar-refractivity contribution in [3.05, 3.63) is 34.5 Å². The van der Waals surface area contributed by atoms with E-state index >= 15 is 0 Å². The van der Waals surface area contributed by atoms with Gasteiger partial charge >= 0.3 is 0 Å². The van der Waals surface area contributed by atoms with Gasteiger partial charge in [0.05, 0.1) is 6.10 Å². The Bertz CT molecular complexity index is 756. The summed E-state index contributed by atoms with van der Waals surface area (Å²) in [6, 6.07) is 4.16. The SMILES string of the molecule is Cc1cc(C)c2cc(C(=O)N3CCN(C[C@H](C)O)CC3)[nH]c2c1C. The van der Waals surface area contributed by atoms with Crippen molar-refractivity contribution in [1.29, 1.82) is 0 Å². The lowest BCUT2D eigenvalue weighted by Gasteiger charge is -2.35. The lowest BCUT2D eigenvalue weighted by molar-refractivity contribution is 0.0550. The number of benzene rings is 1. The van der Waals surface area contributed by atoms with Gasteiger partial charge in [0.15, 0.2) is 0 Å². The van der Waals surface area contributed by atoms with E-state index in [-0.39, 0.29) is 12.0 Å². The Morgan fingerprint density at radius 1 is 1.17 bits per heavy atom. The predicted molar refractivity (Wildman–Crippen MR) is 96.5 cm³/mol. The highest BCUT2D eigenvalue weighted by atomic mass is 16.3. The summed E-state index contributed by atoms with van der Waals surface area (Å²) in [6.07, 6.45) is -0.324. The van der Waals surface area contributed by atoms with Gasteiger partial charge in [-0.3, -0.25) is 9.69 Å². The zero-order valence-electron chi connectivity index (χ0n) is 15.0. The van der Waals surface area contributed by atoms with Crippen LogP contribution in [-0.4, -0.2) is 64.6 Å². The molecule has 24 heavy (non-hydrogen) atoms. The third kappa shape index (κ3) is 3.19. The van der Waals surface area contributed by atoms with E-state index < -0.39 is 0 Å². The zero-order chi connectivity index (χ0) is 17.4. The fourth-order valence-corrected chi connectivity index (χ4v) is 3.56. The summed E-state index contributed by atoms with van der Waals surface area (Å²) >= 11 is 0. The molecule has 0 aliphatic carbocycles. The zero-order valence-corrected chi connectivity index (χ0v) is 15.0. The monoisotopic (exact) mass is 329 g/mol. The van der Waals surface area contributed by atoms with Crippen molar-refractivity contribution in [1.82, 2.24) is 14.8 Å². The number of nitrogens with zero attached hydrogens (tertiary/aromatic N) is 2. The smallest absolute Gasteiger partial charge is 0.270 e. The summed E-state index contributed by atoms with van der Waals surface area (Å²) in [4.78, 5) is 20.3. The molecule has 0 unspecified atom stereocenters. The van der Waals surface area contributed by atoms with Gasteiger partial charge in [-0.25, -0.2) is 0 Å². The van der Waals surface area contributed by atoms with Crippen LogP contribution in [-0.2, 0) is 0 Å². The summed E-state index contributed by atoms with van der Waals surface area (Å²) < 4.78 is 0. The second-order valence-electron chi connectivity index (χ2n) is 7.05. The molecular formula is C19H27N3O2. The third-order valence-electron chi connectivity index (χ3n) is 5.05. The van der Waals surface area contributed by atoms with Crippen LogP contribution >= 0.6 is 0 Å². The number of aromatic amines is 1. The van der Waals surface area contributed by atoms with Crippen LogP contribution < -0.4 is 0 Å². The lowest BCUT2D eigenvalue weighted by Crippen LogP contribution is -2.50. The number of rotatable bonds is 3. The highest BCUT2D eigenvalue weighted by Crippen LogP contribution is 2.26. The first-order valence-electron chi connectivity index (χ1n) is 8.66. The van der Waals surface area contributed by atoms with Crippen LogP contribution in [0.4, 0.5) is 0 Å². The minimum absolute atomic E-state index is 0.0688. The third-order valence-corrected chi connectivity index (χ3v) is 5.05. The van der Waals surface area contributed by atoms with Crippen LogP contribution in [0.5, 0.6) is 0 Å². The van der Waals surface area contributed by atoms with E-state index in [0.717, 1.165) is 24.0 Å². The van der Waals surface area contributed by atoms with Crippen LogP contribution in [0.25, 0.3) is 10.9 Å². The number of β-amino-alcohol motifs (C(OH)–C–C–N with tert-alkyl or cyclic N) is 1. The Kier molecular flexibility index (Phi) is 4.65. The number of amides is 1. The highest BCUT2D eigenvalue weighted by molar-refractivity contribution is 6.00. The van der Waals surface area contributed by atoms with Crippen molar-refractivity contribution < 1.29 is 9.90 Å². The van der Waals surface area contributed by atoms with Crippen molar-refractivity contribution in [2.45, 2.75) is 33.8 Å². The maximum atomic E-state index is 12.8. The van der Waals surface area contributed by atoms with Gasteiger partial charge in [0, 0.05) is 43.6 Å². The summed E-state index contributed by atoms with van der Waals surface area (Å²) in [5, 5.41) is 10.6. The molecule has 3 rings (SSSR count). The number of carbonyl (C=O) groups excluding carboxylic acids is 1. The number of hydrogen-bond acceptors (Lipinski definition) is 3. The number of nitrogens with one attached hydrogen (secondary N) is 1. The molecule has 1 amide bonds. The van der Waals surface area contributed by atoms with E-state index in [9.17, 15) is 9.90 Å².